The molecule has 1 saturated heterocycles. The van der Waals surface area contributed by atoms with E-state index in [9.17, 15) is 17.6 Å². The number of sulfonamides is 1. The highest BCUT2D eigenvalue weighted by Crippen LogP contribution is 2.18. The zero-order chi connectivity index (χ0) is 21.1. The number of thiazole rings is 1. The number of nitrogens with zero attached hydrogens (tertiary/aromatic N) is 3. The minimum atomic E-state index is -3.71. The molecule has 0 spiro atoms. The molecule has 1 amide bonds. The molecule has 3 heterocycles. The predicted octanol–water partition coefficient (Wildman–Crippen LogP) is 1.83. The summed E-state index contributed by atoms with van der Waals surface area (Å²) >= 11 is 1.23. The molecule has 1 aliphatic rings. The number of carbonyl (C=O) groups excluding carboxylic acids is 1. The van der Waals surface area contributed by atoms with Crippen LogP contribution in [0.3, 0.4) is 0 Å². The fraction of sp³-hybridized carbons (Fsp3) is 0.263. The molecular weight excluding hydrogens is 431 g/mol. The van der Waals surface area contributed by atoms with Crippen LogP contribution in [0.15, 0.2) is 58.0 Å². The fourth-order valence-corrected chi connectivity index (χ4v) is 5.18. The number of H-pyrrole nitrogens is 1. The lowest BCUT2D eigenvalue weighted by atomic mass is 10.2. The minimum Gasteiger partial charge on any atom is -0.379 e. The Hall–Kier alpha value is -2.60. The molecular formula is C19H19FN4O4S2. The molecule has 30 heavy (non-hydrogen) atoms. The molecule has 1 aromatic carbocycles. The summed E-state index contributed by atoms with van der Waals surface area (Å²) in [5, 5.41) is 1.75. The number of halogens is 1. The van der Waals surface area contributed by atoms with E-state index in [1.54, 1.807) is 34.3 Å². The first-order valence-corrected chi connectivity index (χ1v) is 11.5. The van der Waals surface area contributed by atoms with Gasteiger partial charge in [0.2, 0.25) is 10.0 Å². The molecule has 0 radical (unpaired) electrons. The zero-order valence-corrected chi connectivity index (χ0v) is 17.5. The Morgan fingerprint density at radius 2 is 2.03 bits per heavy atom. The third-order valence-corrected chi connectivity index (χ3v) is 7.32. The molecule has 0 aliphatic carbocycles. The van der Waals surface area contributed by atoms with Gasteiger partial charge >= 0.3 is 0 Å². The first-order chi connectivity index (χ1) is 14.4. The van der Waals surface area contributed by atoms with Gasteiger partial charge in [-0.05, 0) is 12.1 Å². The summed E-state index contributed by atoms with van der Waals surface area (Å²) in [6.07, 6.45) is 3.00. The molecule has 0 saturated carbocycles. The highest BCUT2D eigenvalue weighted by atomic mass is 32.2. The van der Waals surface area contributed by atoms with Crippen molar-refractivity contribution in [1.29, 1.82) is 0 Å². The number of hydrogen-bond acceptors (Lipinski definition) is 5. The number of hydrogen-bond donors (Lipinski definition) is 1. The molecule has 11 heteroatoms. The second kappa shape index (κ2) is 8.64. The van der Waals surface area contributed by atoms with Crippen LogP contribution < -0.4 is 4.80 Å². The van der Waals surface area contributed by atoms with Crippen LogP contribution in [-0.2, 0) is 21.3 Å². The van der Waals surface area contributed by atoms with Crippen LogP contribution in [-0.4, -0.2) is 54.5 Å². The maximum Gasteiger partial charge on any atom is 0.296 e. The van der Waals surface area contributed by atoms with E-state index in [2.05, 4.69) is 9.98 Å². The second-order valence-corrected chi connectivity index (χ2v) is 9.40. The van der Waals surface area contributed by atoms with Crippen molar-refractivity contribution < 1.29 is 22.3 Å². The van der Waals surface area contributed by atoms with Crippen LogP contribution in [0.1, 0.15) is 16.1 Å². The summed E-state index contributed by atoms with van der Waals surface area (Å²) in [7, 11) is -3.71. The van der Waals surface area contributed by atoms with Gasteiger partial charge in [0.15, 0.2) is 4.80 Å². The maximum absolute atomic E-state index is 13.9. The Labute approximate surface area is 176 Å². The summed E-state index contributed by atoms with van der Waals surface area (Å²) < 4.78 is 47.5. The van der Waals surface area contributed by atoms with Crippen molar-refractivity contribution >= 4 is 27.3 Å². The number of carbonyl (C=O) groups is 1. The topological polar surface area (TPSA) is 96.8 Å². The summed E-state index contributed by atoms with van der Waals surface area (Å²) in [5.41, 5.74) is 0.538. The molecule has 1 N–H and O–H groups in total. The van der Waals surface area contributed by atoms with Crippen LogP contribution in [0.25, 0.3) is 0 Å². The molecule has 158 valence electrons. The molecule has 0 bridgehead atoms. The number of benzene rings is 1. The molecule has 2 aromatic heterocycles. The van der Waals surface area contributed by atoms with E-state index in [-0.39, 0.29) is 36.0 Å². The number of morpholine rings is 1. The third-order valence-electron chi connectivity index (χ3n) is 4.65. The molecule has 1 fully saturated rings. The van der Waals surface area contributed by atoms with Gasteiger partial charge in [-0.2, -0.15) is 9.30 Å². The Morgan fingerprint density at radius 3 is 2.80 bits per heavy atom. The number of nitrogens with one attached hydrogen (secondary N) is 1. The molecule has 0 atom stereocenters. The van der Waals surface area contributed by atoms with Crippen LogP contribution in [0.2, 0.25) is 0 Å². The molecule has 3 aromatic rings. The summed E-state index contributed by atoms with van der Waals surface area (Å²) in [5.74, 6) is -0.945. The van der Waals surface area contributed by atoms with Gasteiger partial charge in [0.1, 0.15) is 16.4 Å². The quantitative estimate of drug-likeness (QED) is 0.641. The first kappa shape index (κ1) is 20.7. The lowest BCUT2D eigenvalue weighted by Crippen LogP contribution is -2.40. The molecule has 4 rings (SSSR count). The van der Waals surface area contributed by atoms with Crippen molar-refractivity contribution in [3.05, 3.63) is 70.0 Å². The molecule has 0 unspecified atom stereocenters. The van der Waals surface area contributed by atoms with Gasteiger partial charge in [0.25, 0.3) is 5.91 Å². The van der Waals surface area contributed by atoms with Crippen molar-refractivity contribution in [3.63, 3.8) is 0 Å². The Bertz CT molecular complexity index is 1220. The first-order valence-electron chi connectivity index (χ1n) is 9.18. The van der Waals surface area contributed by atoms with Gasteiger partial charge in [-0.3, -0.25) is 4.79 Å². The summed E-state index contributed by atoms with van der Waals surface area (Å²) in [6, 6.07) is 7.67. The predicted molar refractivity (Wildman–Crippen MR) is 108 cm³/mol. The highest BCUT2D eigenvalue weighted by molar-refractivity contribution is 7.89. The smallest absolute Gasteiger partial charge is 0.296 e. The number of aromatic amines is 1. The number of aromatic nitrogens is 2. The molecule has 1 aliphatic heterocycles. The Balaban J connectivity index is 1.56. The van der Waals surface area contributed by atoms with Crippen molar-refractivity contribution in [1.82, 2.24) is 13.9 Å². The Kier molecular flexibility index (Phi) is 5.95. The third kappa shape index (κ3) is 4.29. The number of ether oxygens (including phenoxy) is 1. The van der Waals surface area contributed by atoms with Crippen molar-refractivity contribution in [2.24, 2.45) is 4.99 Å². The van der Waals surface area contributed by atoms with Crippen LogP contribution in [0.4, 0.5) is 4.39 Å². The van der Waals surface area contributed by atoms with E-state index in [4.69, 9.17) is 4.74 Å². The normalized spacial score (nSPS) is 16.1. The SMILES string of the molecule is O=C(N=c1sccn1Cc1ccccc1F)c1cc(S(=O)(=O)N2CCOCC2)c[nH]1. The number of rotatable bonds is 5. The zero-order valence-electron chi connectivity index (χ0n) is 15.8. The van der Waals surface area contributed by atoms with Gasteiger partial charge in [-0.25, -0.2) is 12.8 Å². The van der Waals surface area contributed by atoms with Crippen molar-refractivity contribution in [2.45, 2.75) is 11.4 Å². The van der Waals surface area contributed by atoms with E-state index >= 15 is 0 Å². The van der Waals surface area contributed by atoms with Gasteiger partial charge < -0.3 is 14.3 Å². The van der Waals surface area contributed by atoms with E-state index in [1.807, 2.05) is 0 Å². The Morgan fingerprint density at radius 1 is 1.27 bits per heavy atom. The van der Waals surface area contributed by atoms with Gasteiger partial charge in [0.05, 0.1) is 19.8 Å². The summed E-state index contributed by atoms with van der Waals surface area (Å²) in [4.78, 5) is 19.8. The molecule has 8 nitrogen and oxygen atoms in total. The average molecular weight is 451 g/mol. The van der Waals surface area contributed by atoms with Gasteiger partial charge in [-0.1, -0.05) is 18.2 Å². The van der Waals surface area contributed by atoms with Crippen LogP contribution in [0, 0.1) is 5.82 Å². The largest absolute Gasteiger partial charge is 0.379 e. The standard InChI is InChI=1S/C19H19FN4O4S2/c20-16-4-2-1-3-14(16)13-23-7-10-29-19(23)22-18(25)17-11-15(12-21-17)30(26,27)24-5-8-28-9-6-24/h1-4,7,10-12,21H,5-6,8-9,13H2. The lowest BCUT2D eigenvalue weighted by Gasteiger charge is -2.25. The maximum atomic E-state index is 13.9. The van der Waals surface area contributed by atoms with Crippen molar-refractivity contribution in [3.8, 4) is 0 Å². The van der Waals surface area contributed by atoms with Crippen LogP contribution >= 0.6 is 11.3 Å². The van der Waals surface area contributed by atoms with Crippen molar-refractivity contribution in [2.75, 3.05) is 26.3 Å². The monoisotopic (exact) mass is 450 g/mol. The van der Waals surface area contributed by atoms with E-state index in [1.165, 1.54) is 34.0 Å². The van der Waals surface area contributed by atoms with E-state index in [0.29, 0.717) is 23.6 Å². The van der Waals surface area contributed by atoms with Crippen LogP contribution in [0.5, 0.6) is 0 Å². The number of amides is 1. The van der Waals surface area contributed by atoms with E-state index < -0.39 is 15.9 Å². The fourth-order valence-electron chi connectivity index (χ4n) is 3.05. The summed E-state index contributed by atoms with van der Waals surface area (Å²) in [6.45, 7) is 1.44. The van der Waals surface area contributed by atoms with Gasteiger partial charge in [-0.15, -0.1) is 11.3 Å². The lowest BCUT2D eigenvalue weighted by molar-refractivity contribution is 0.0730. The minimum absolute atomic E-state index is 0.00774. The average Bonchev–Trinajstić information content (AvgIpc) is 3.41. The van der Waals surface area contributed by atoms with Gasteiger partial charge in [0, 0.05) is 36.4 Å². The van der Waals surface area contributed by atoms with E-state index in [0.717, 1.165) is 0 Å². The second-order valence-electron chi connectivity index (χ2n) is 6.59. The highest BCUT2D eigenvalue weighted by Gasteiger charge is 2.28.